The van der Waals surface area contributed by atoms with Gasteiger partial charge in [0.25, 0.3) is 0 Å². The first-order valence-electron chi connectivity index (χ1n) is 9.86. The van der Waals surface area contributed by atoms with E-state index in [4.69, 9.17) is 4.74 Å². The Hall–Kier alpha value is -2.85. The number of ether oxygens (including phenoxy) is 1. The molecule has 3 aromatic carbocycles. The maximum absolute atomic E-state index is 12.1. The van der Waals surface area contributed by atoms with E-state index in [9.17, 15) is 4.79 Å². The normalized spacial score (nSPS) is 15.2. The van der Waals surface area contributed by atoms with Crippen LogP contribution in [0.25, 0.3) is 10.8 Å². The summed E-state index contributed by atoms with van der Waals surface area (Å²) in [7, 11) is 1.69. The lowest BCUT2D eigenvalue weighted by Crippen LogP contribution is -2.35. The molecule has 144 valence electrons. The first kappa shape index (κ1) is 18.5. The van der Waals surface area contributed by atoms with Crippen molar-refractivity contribution in [3.63, 3.8) is 0 Å². The largest absolute Gasteiger partial charge is 0.497 e. The van der Waals surface area contributed by atoms with Crippen molar-refractivity contribution in [2.24, 2.45) is 0 Å². The van der Waals surface area contributed by atoms with E-state index in [0.29, 0.717) is 13.0 Å². The first-order valence-corrected chi connectivity index (χ1v) is 9.86. The number of hydrogen-bond donors (Lipinski definition) is 1. The number of nitrogens with one attached hydrogen (secondary N) is 1. The van der Waals surface area contributed by atoms with Gasteiger partial charge in [0.05, 0.1) is 13.2 Å². The molecule has 1 unspecified atom stereocenters. The van der Waals surface area contributed by atoms with E-state index >= 15 is 0 Å². The summed E-state index contributed by atoms with van der Waals surface area (Å²) >= 11 is 0. The second-order valence-electron chi connectivity index (χ2n) is 7.33. The summed E-state index contributed by atoms with van der Waals surface area (Å²) in [5, 5.41) is 6.04. The highest BCUT2D eigenvalue weighted by Gasteiger charge is 2.24. The average Bonchev–Trinajstić information content (AvgIpc) is 3.15. The predicted octanol–water partition coefficient (Wildman–Crippen LogP) is 4.30. The Balaban J connectivity index is 1.50. The highest BCUT2D eigenvalue weighted by molar-refractivity contribution is 5.84. The second kappa shape index (κ2) is 8.44. The van der Waals surface area contributed by atoms with Crippen LogP contribution in [0.3, 0.4) is 0 Å². The molecular weight excluding hydrogens is 348 g/mol. The molecule has 1 aliphatic heterocycles. The zero-order valence-corrected chi connectivity index (χ0v) is 16.2. The second-order valence-corrected chi connectivity index (χ2v) is 7.33. The molecule has 0 spiro atoms. The van der Waals surface area contributed by atoms with Gasteiger partial charge in [-0.25, -0.2) is 0 Å². The standard InChI is InChI=1S/C24H26N2O2/c1-28-22-12-11-20-14-18(9-10-21(20)15-22)16-25-23(19-6-3-2-4-7-19)17-26-13-5-8-24(26)27/h2-4,6-7,9-12,14-15,23,25H,5,8,13,16-17H2,1H3. The molecule has 3 aromatic rings. The van der Waals surface area contributed by atoms with E-state index < -0.39 is 0 Å². The molecule has 4 nitrogen and oxygen atoms in total. The van der Waals surface area contributed by atoms with Crippen molar-refractivity contribution in [3.8, 4) is 5.75 Å². The van der Waals surface area contributed by atoms with Crippen molar-refractivity contribution >= 4 is 16.7 Å². The third-order valence-corrected chi connectivity index (χ3v) is 5.44. The summed E-state index contributed by atoms with van der Waals surface area (Å²) in [4.78, 5) is 14.1. The number of carbonyl (C=O) groups is 1. The molecule has 0 saturated carbocycles. The Morgan fingerprint density at radius 1 is 1.04 bits per heavy atom. The molecule has 4 rings (SSSR count). The highest BCUT2D eigenvalue weighted by Crippen LogP contribution is 2.23. The van der Waals surface area contributed by atoms with Crippen LogP contribution < -0.4 is 10.1 Å². The molecule has 1 amide bonds. The quantitative estimate of drug-likeness (QED) is 0.670. The van der Waals surface area contributed by atoms with Crippen LogP contribution in [0.1, 0.15) is 30.0 Å². The zero-order chi connectivity index (χ0) is 19.3. The van der Waals surface area contributed by atoms with Crippen molar-refractivity contribution in [2.45, 2.75) is 25.4 Å². The molecule has 1 aliphatic rings. The summed E-state index contributed by atoms with van der Waals surface area (Å²) in [5.74, 6) is 1.14. The van der Waals surface area contributed by atoms with Crippen LogP contribution in [0, 0.1) is 0 Å². The van der Waals surface area contributed by atoms with Crippen LogP contribution >= 0.6 is 0 Å². The minimum absolute atomic E-state index is 0.120. The lowest BCUT2D eigenvalue weighted by molar-refractivity contribution is -0.128. The van der Waals surface area contributed by atoms with Crippen molar-refractivity contribution in [2.75, 3.05) is 20.2 Å². The van der Waals surface area contributed by atoms with E-state index in [1.165, 1.54) is 21.9 Å². The zero-order valence-electron chi connectivity index (χ0n) is 16.2. The fourth-order valence-electron chi connectivity index (χ4n) is 3.84. The van der Waals surface area contributed by atoms with Crippen molar-refractivity contribution in [3.05, 3.63) is 77.9 Å². The summed E-state index contributed by atoms with van der Waals surface area (Å²) in [6.45, 7) is 2.33. The molecule has 0 aliphatic carbocycles. The molecule has 0 aromatic heterocycles. The molecule has 28 heavy (non-hydrogen) atoms. The average molecular weight is 374 g/mol. The van der Waals surface area contributed by atoms with Gasteiger partial charge >= 0.3 is 0 Å². The van der Waals surface area contributed by atoms with Gasteiger partial charge in [0.2, 0.25) is 5.91 Å². The maximum Gasteiger partial charge on any atom is 0.222 e. The predicted molar refractivity (Wildman–Crippen MR) is 112 cm³/mol. The minimum atomic E-state index is 0.120. The Bertz CT molecular complexity index is 955. The molecule has 1 heterocycles. The number of benzene rings is 3. The molecule has 1 N–H and O–H groups in total. The van der Waals surface area contributed by atoms with Crippen molar-refractivity contribution in [1.82, 2.24) is 10.2 Å². The number of likely N-dealkylation sites (tertiary alicyclic amines) is 1. The van der Waals surface area contributed by atoms with Crippen LogP contribution in [0.5, 0.6) is 5.75 Å². The first-order chi connectivity index (χ1) is 13.7. The number of methoxy groups -OCH3 is 1. The lowest BCUT2D eigenvalue weighted by atomic mass is 10.0. The Labute approximate surface area is 166 Å². The minimum Gasteiger partial charge on any atom is -0.497 e. The van der Waals surface area contributed by atoms with Crippen molar-refractivity contribution < 1.29 is 9.53 Å². The smallest absolute Gasteiger partial charge is 0.222 e. The molecule has 1 fully saturated rings. The Morgan fingerprint density at radius 3 is 2.57 bits per heavy atom. The molecule has 0 bridgehead atoms. The fraction of sp³-hybridized carbons (Fsp3) is 0.292. The number of carbonyl (C=O) groups excluding carboxylic acids is 1. The topological polar surface area (TPSA) is 41.6 Å². The van der Waals surface area contributed by atoms with Crippen molar-refractivity contribution in [1.29, 1.82) is 0 Å². The van der Waals surface area contributed by atoms with Gasteiger partial charge in [-0.1, -0.05) is 48.5 Å². The molecule has 1 atom stereocenters. The van der Waals surface area contributed by atoms with Gasteiger partial charge in [-0.15, -0.1) is 0 Å². The number of amides is 1. The van der Waals surface area contributed by atoms with Crippen LogP contribution in [0.2, 0.25) is 0 Å². The van der Waals surface area contributed by atoms with E-state index in [-0.39, 0.29) is 11.9 Å². The van der Waals surface area contributed by atoms with Crippen LogP contribution in [-0.2, 0) is 11.3 Å². The van der Waals surface area contributed by atoms with E-state index in [2.05, 4.69) is 59.9 Å². The van der Waals surface area contributed by atoms with E-state index in [1.807, 2.05) is 17.0 Å². The summed E-state index contributed by atoms with van der Waals surface area (Å²) in [6.07, 6.45) is 1.64. The van der Waals surface area contributed by atoms with Crippen LogP contribution in [0.4, 0.5) is 0 Å². The van der Waals surface area contributed by atoms with Crippen LogP contribution in [-0.4, -0.2) is 31.0 Å². The van der Waals surface area contributed by atoms with Gasteiger partial charge < -0.3 is 15.0 Å². The van der Waals surface area contributed by atoms with Gasteiger partial charge in [-0.2, -0.15) is 0 Å². The SMILES string of the molecule is COc1ccc2cc(CNC(CN3CCCC3=O)c3ccccc3)ccc2c1. The molecule has 1 saturated heterocycles. The maximum atomic E-state index is 12.1. The van der Waals surface area contributed by atoms with Gasteiger partial charge in [0.1, 0.15) is 5.75 Å². The number of nitrogens with zero attached hydrogens (tertiary/aromatic N) is 1. The third kappa shape index (κ3) is 4.18. The number of hydrogen-bond acceptors (Lipinski definition) is 3. The van der Waals surface area contributed by atoms with Crippen LogP contribution in [0.15, 0.2) is 66.7 Å². The monoisotopic (exact) mass is 374 g/mol. The molecule has 0 radical (unpaired) electrons. The summed E-state index contributed by atoms with van der Waals surface area (Å²) in [5.41, 5.74) is 2.44. The Morgan fingerprint density at radius 2 is 1.82 bits per heavy atom. The number of rotatable bonds is 7. The summed E-state index contributed by atoms with van der Waals surface area (Å²) in [6, 6.07) is 23.2. The third-order valence-electron chi connectivity index (χ3n) is 5.44. The number of fused-ring (bicyclic) bond motifs is 1. The molecule has 4 heteroatoms. The molecular formula is C24H26N2O2. The van der Waals surface area contributed by atoms with Gasteiger partial charge in [-0.3, -0.25) is 4.79 Å². The fourth-order valence-corrected chi connectivity index (χ4v) is 3.84. The highest BCUT2D eigenvalue weighted by atomic mass is 16.5. The van der Waals surface area contributed by atoms with Gasteiger partial charge in [0, 0.05) is 26.1 Å². The summed E-state index contributed by atoms with van der Waals surface area (Å²) < 4.78 is 5.31. The van der Waals surface area contributed by atoms with E-state index in [0.717, 1.165) is 25.3 Å². The Kier molecular flexibility index (Phi) is 5.58. The lowest BCUT2D eigenvalue weighted by Gasteiger charge is -2.25. The van der Waals surface area contributed by atoms with Gasteiger partial charge in [0.15, 0.2) is 0 Å². The van der Waals surface area contributed by atoms with Gasteiger partial charge in [-0.05, 0) is 46.5 Å². The van der Waals surface area contributed by atoms with E-state index in [1.54, 1.807) is 7.11 Å².